The maximum atomic E-state index is 13.4. The van der Waals surface area contributed by atoms with E-state index in [1.807, 2.05) is 53.4 Å². The van der Waals surface area contributed by atoms with Gasteiger partial charge in [0.25, 0.3) is 0 Å². The fourth-order valence-corrected chi connectivity index (χ4v) is 3.96. The number of benzene rings is 2. The zero-order valence-corrected chi connectivity index (χ0v) is 16.2. The van der Waals surface area contributed by atoms with Crippen molar-refractivity contribution in [2.75, 3.05) is 0 Å². The van der Waals surface area contributed by atoms with Gasteiger partial charge in [-0.3, -0.25) is 9.78 Å². The SMILES string of the molecule is O=C(Cc1c(-c2ccccc2)[nH]c2ccccc12)N(Cc1ccccn1)C1CC1. The third-order valence-electron chi connectivity index (χ3n) is 5.57. The molecule has 2 aromatic heterocycles. The van der Waals surface area contributed by atoms with Crippen LogP contribution in [0.1, 0.15) is 24.1 Å². The minimum absolute atomic E-state index is 0.167. The fourth-order valence-electron chi connectivity index (χ4n) is 3.96. The van der Waals surface area contributed by atoms with Crippen molar-refractivity contribution in [2.24, 2.45) is 0 Å². The molecule has 4 heteroatoms. The van der Waals surface area contributed by atoms with E-state index < -0.39 is 0 Å². The highest BCUT2D eigenvalue weighted by molar-refractivity contribution is 5.95. The van der Waals surface area contributed by atoms with Crippen LogP contribution in [0, 0.1) is 0 Å². The van der Waals surface area contributed by atoms with Crippen molar-refractivity contribution in [1.82, 2.24) is 14.9 Å². The second-order valence-corrected chi connectivity index (χ2v) is 7.64. The normalized spacial score (nSPS) is 13.5. The van der Waals surface area contributed by atoms with E-state index in [0.717, 1.165) is 46.3 Å². The summed E-state index contributed by atoms with van der Waals surface area (Å²) in [5, 5.41) is 1.12. The number of fused-ring (bicyclic) bond motifs is 1. The van der Waals surface area contributed by atoms with Crippen LogP contribution < -0.4 is 0 Å². The van der Waals surface area contributed by atoms with Crippen molar-refractivity contribution < 1.29 is 4.79 Å². The highest BCUT2D eigenvalue weighted by Crippen LogP contribution is 2.33. The first-order chi connectivity index (χ1) is 14.3. The molecule has 1 N–H and O–H groups in total. The molecule has 4 aromatic rings. The van der Waals surface area contributed by atoms with Gasteiger partial charge in [-0.1, -0.05) is 54.6 Å². The number of H-pyrrole nitrogens is 1. The Balaban J connectivity index is 1.49. The maximum Gasteiger partial charge on any atom is 0.227 e. The molecule has 0 radical (unpaired) electrons. The Labute approximate surface area is 170 Å². The van der Waals surface area contributed by atoms with Crippen LogP contribution in [0.5, 0.6) is 0 Å². The Bertz CT molecular complexity index is 1130. The van der Waals surface area contributed by atoms with Crippen molar-refractivity contribution in [3.8, 4) is 11.3 Å². The quantitative estimate of drug-likeness (QED) is 0.513. The summed E-state index contributed by atoms with van der Waals surface area (Å²) in [7, 11) is 0. The van der Waals surface area contributed by atoms with Crippen molar-refractivity contribution in [3.05, 3.63) is 90.3 Å². The average molecular weight is 381 g/mol. The summed E-state index contributed by atoms with van der Waals surface area (Å²) in [5.41, 5.74) is 5.22. The molecule has 0 saturated heterocycles. The predicted octanol–water partition coefficient (Wildman–Crippen LogP) is 4.96. The van der Waals surface area contributed by atoms with E-state index in [-0.39, 0.29) is 5.91 Å². The van der Waals surface area contributed by atoms with E-state index in [1.165, 1.54) is 0 Å². The molecular weight excluding hydrogens is 358 g/mol. The molecular formula is C25H23N3O. The predicted molar refractivity (Wildman–Crippen MR) is 115 cm³/mol. The Morgan fingerprint density at radius 2 is 1.72 bits per heavy atom. The second kappa shape index (κ2) is 7.55. The Hall–Kier alpha value is -3.40. The first-order valence-electron chi connectivity index (χ1n) is 10.1. The van der Waals surface area contributed by atoms with Gasteiger partial charge >= 0.3 is 0 Å². The summed E-state index contributed by atoms with van der Waals surface area (Å²) in [4.78, 5) is 23.4. The van der Waals surface area contributed by atoms with Gasteiger partial charge in [-0.25, -0.2) is 0 Å². The van der Waals surface area contributed by atoms with Crippen molar-refractivity contribution in [1.29, 1.82) is 0 Å². The fraction of sp³-hybridized carbons (Fsp3) is 0.200. The third kappa shape index (κ3) is 3.66. The summed E-state index contributed by atoms with van der Waals surface area (Å²) in [5.74, 6) is 0.167. The molecule has 2 heterocycles. The standard InChI is InChI=1S/C25H23N3O/c29-24(28(20-13-14-20)17-19-10-6-7-15-26-19)16-22-21-11-4-5-12-23(21)27-25(22)18-8-2-1-3-9-18/h1-12,15,20,27H,13-14,16-17H2. The number of pyridine rings is 1. The van der Waals surface area contributed by atoms with Gasteiger partial charge in [0.15, 0.2) is 0 Å². The first-order valence-corrected chi connectivity index (χ1v) is 10.1. The van der Waals surface area contributed by atoms with Gasteiger partial charge in [-0.05, 0) is 42.2 Å². The monoisotopic (exact) mass is 381 g/mol. The molecule has 5 rings (SSSR count). The number of aromatic nitrogens is 2. The van der Waals surface area contributed by atoms with Crippen LogP contribution in [0.2, 0.25) is 0 Å². The molecule has 0 spiro atoms. The van der Waals surface area contributed by atoms with Gasteiger partial charge in [0, 0.05) is 23.1 Å². The molecule has 0 atom stereocenters. The van der Waals surface area contributed by atoms with E-state index in [1.54, 1.807) is 6.20 Å². The van der Waals surface area contributed by atoms with E-state index in [9.17, 15) is 4.79 Å². The van der Waals surface area contributed by atoms with Gasteiger partial charge in [0.2, 0.25) is 5.91 Å². The third-order valence-corrected chi connectivity index (χ3v) is 5.57. The molecule has 0 bridgehead atoms. The number of rotatable bonds is 6. The number of para-hydroxylation sites is 1. The van der Waals surface area contributed by atoms with E-state index >= 15 is 0 Å². The minimum atomic E-state index is 0.167. The Kier molecular flexibility index (Phi) is 4.60. The molecule has 1 aliphatic rings. The smallest absolute Gasteiger partial charge is 0.227 e. The summed E-state index contributed by atoms with van der Waals surface area (Å²) in [6.45, 7) is 0.577. The summed E-state index contributed by atoms with van der Waals surface area (Å²) >= 11 is 0. The molecule has 4 nitrogen and oxygen atoms in total. The number of hydrogen-bond acceptors (Lipinski definition) is 2. The lowest BCUT2D eigenvalue weighted by Crippen LogP contribution is -2.34. The largest absolute Gasteiger partial charge is 0.354 e. The Morgan fingerprint density at radius 3 is 2.48 bits per heavy atom. The van der Waals surface area contributed by atoms with Gasteiger partial charge in [-0.2, -0.15) is 0 Å². The number of nitrogens with zero attached hydrogens (tertiary/aromatic N) is 2. The van der Waals surface area contributed by atoms with E-state index in [0.29, 0.717) is 19.0 Å². The van der Waals surface area contributed by atoms with Crippen LogP contribution in [0.4, 0.5) is 0 Å². The number of carbonyl (C=O) groups is 1. The van der Waals surface area contributed by atoms with Crippen molar-refractivity contribution in [3.63, 3.8) is 0 Å². The molecule has 1 amide bonds. The lowest BCUT2D eigenvalue weighted by molar-refractivity contribution is -0.131. The number of nitrogens with one attached hydrogen (secondary N) is 1. The van der Waals surface area contributed by atoms with Gasteiger partial charge in [0.1, 0.15) is 0 Å². The molecule has 0 aliphatic heterocycles. The Morgan fingerprint density at radius 1 is 0.966 bits per heavy atom. The van der Waals surface area contributed by atoms with Gasteiger partial charge in [-0.15, -0.1) is 0 Å². The molecule has 2 aromatic carbocycles. The topological polar surface area (TPSA) is 49.0 Å². The van der Waals surface area contributed by atoms with Crippen LogP contribution in [0.15, 0.2) is 79.0 Å². The molecule has 29 heavy (non-hydrogen) atoms. The second-order valence-electron chi connectivity index (χ2n) is 7.64. The molecule has 1 aliphatic carbocycles. The van der Waals surface area contributed by atoms with Crippen LogP contribution in [0.25, 0.3) is 22.2 Å². The van der Waals surface area contributed by atoms with Crippen molar-refractivity contribution in [2.45, 2.75) is 31.8 Å². The van der Waals surface area contributed by atoms with E-state index in [4.69, 9.17) is 0 Å². The molecule has 0 unspecified atom stereocenters. The number of hydrogen-bond donors (Lipinski definition) is 1. The first kappa shape index (κ1) is 17.7. The molecule has 1 saturated carbocycles. The summed E-state index contributed by atoms with van der Waals surface area (Å²) < 4.78 is 0. The summed E-state index contributed by atoms with van der Waals surface area (Å²) in [6.07, 6.45) is 4.34. The lowest BCUT2D eigenvalue weighted by Gasteiger charge is -2.22. The molecule has 144 valence electrons. The zero-order valence-electron chi connectivity index (χ0n) is 16.2. The highest BCUT2D eigenvalue weighted by Gasteiger charge is 2.33. The number of amides is 1. The maximum absolute atomic E-state index is 13.4. The van der Waals surface area contributed by atoms with Crippen molar-refractivity contribution >= 4 is 16.8 Å². The van der Waals surface area contributed by atoms with Gasteiger partial charge in [0.05, 0.1) is 24.4 Å². The molecule has 1 fully saturated rings. The number of aromatic amines is 1. The lowest BCUT2D eigenvalue weighted by atomic mass is 10.0. The van der Waals surface area contributed by atoms with Crippen LogP contribution in [-0.2, 0) is 17.8 Å². The van der Waals surface area contributed by atoms with Crippen LogP contribution in [0.3, 0.4) is 0 Å². The van der Waals surface area contributed by atoms with Crippen LogP contribution >= 0.6 is 0 Å². The average Bonchev–Trinajstić information content (AvgIpc) is 3.55. The van der Waals surface area contributed by atoms with E-state index in [2.05, 4.69) is 34.2 Å². The summed E-state index contributed by atoms with van der Waals surface area (Å²) in [6, 6.07) is 24.7. The highest BCUT2D eigenvalue weighted by atomic mass is 16.2. The van der Waals surface area contributed by atoms with Crippen LogP contribution in [-0.4, -0.2) is 26.8 Å². The zero-order chi connectivity index (χ0) is 19.6. The van der Waals surface area contributed by atoms with Gasteiger partial charge < -0.3 is 9.88 Å². The minimum Gasteiger partial charge on any atom is -0.354 e. The number of carbonyl (C=O) groups excluding carboxylic acids is 1.